The first kappa shape index (κ1) is 13.1. The first-order valence-electron chi connectivity index (χ1n) is 6.27. The number of hydrogen-bond acceptors (Lipinski definition) is 7. The van der Waals surface area contributed by atoms with E-state index in [-0.39, 0.29) is 0 Å². The van der Waals surface area contributed by atoms with E-state index in [1.807, 2.05) is 23.6 Å². The van der Waals surface area contributed by atoms with E-state index in [1.165, 1.54) is 0 Å². The molecular formula is C13H13N5S2. The molecule has 0 aliphatic heterocycles. The quantitative estimate of drug-likeness (QED) is 0.784. The molecule has 102 valence electrons. The minimum absolute atomic E-state index is 0.654. The van der Waals surface area contributed by atoms with Crippen LogP contribution in [0.4, 0.5) is 5.13 Å². The highest BCUT2D eigenvalue weighted by atomic mass is 32.1. The minimum atomic E-state index is 0.654. The molecule has 0 unspecified atom stereocenters. The molecule has 0 saturated heterocycles. The third kappa shape index (κ3) is 3.00. The number of rotatable bonds is 5. The fourth-order valence-corrected chi connectivity index (χ4v) is 3.10. The van der Waals surface area contributed by atoms with Gasteiger partial charge in [-0.1, -0.05) is 24.3 Å². The molecule has 0 atom stereocenters. The number of nitrogens with one attached hydrogen (secondary N) is 1. The smallest absolute Gasteiger partial charge is 0.205 e. The summed E-state index contributed by atoms with van der Waals surface area (Å²) in [5.41, 5.74) is 1.90. The van der Waals surface area contributed by atoms with Gasteiger partial charge in [0, 0.05) is 11.6 Å². The Bertz CT molecular complexity index is 677. The molecule has 3 heterocycles. The zero-order chi connectivity index (χ0) is 13.8. The fourth-order valence-electron chi connectivity index (χ4n) is 1.63. The highest BCUT2D eigenvalue weighted by Gasteiger charge is 2.07. The number of aryl methyl sites for hydroxylation is 1. The van der Waals surface area contributed by atoms with Crippen molar-refractivity contribution in [2.75, 3.05) is 5.32 Å². The molecule has 3 aromatic rings. The van der Waals surface area contributed by atoms with Gasteiger partial charge in [-0.25, -0.2) is 4.98 Å². The molecule has 1 N–H and O–H groups in total. The molecule has 3 rings (SSSR count). The average molecular weight is 303 g/mol. The van der Waals surface area contributed by atoms with Gasteiger partial charge in [0.25, 0.3) is 0 Å². The molecule has 0 aliphatic rings. The van der Waals surface area contributed by atoms with Gasteiger partial charge in [0.1, 0.15) is 10.0 Å². The van der Waals surface area contributed by atoms with E-state index in [1.54, 1.807) is 28.9 Å². The maximum absolute atomic E-state index is 4.57. The Labute approximate surface area is 124 Å². The third-order valence-corrected chi connectivity index (χ3v) is 4.56. The summed E-state index contributed by atoms with van der Waals surface area (Å²) in [6.07, 6.45) is 2.70. The SMILES string of the molecule is CCc1nnc(NCc2csc(-c3ccccn3)n2)s1. The summed E-state index contributed by atoms with van der Waals surface area (Å²) >= 11 is 3.19. The Kier molecular flexibility index (Phi) is 3.98. The van der Waals surface area contributed by atoms with Crippen LogP contribution in [-0.2, 0) is 13.0 Å². The number of aromatic nitrogens is 4. The van der Waals surface area contributed by atoms with Crippen LogP contribution in [0.15, 0.2) is 29.8 Å². The van der Waals surface area contributed by atoms with Crippen LogP contribution in [0.25, 0.3) is 10.7 Å². The average Bonchev–Trinajstić information content (AvgIpc) is 3.15. The van der Waals surface area contributed by atoms with Gasteiger partial charge < -0.3 is 5.32 Å². The highest BCUT2D eigenvalue weighted by Crippen LogP contribution is 2.22. The van der Waals surface area contributed by atoms with E-state index >= 15 is 0 Å². The number of nitrogens with zero attached hydrogens (tertiary/aromatic N) is 4. The number of pyridine rings is 1. The normalized spacial score (nSPS) is 10.7. The van der Waals surface area contributed by atoms with E-state index in [0.717, 1.165) is 33.0 Å². The van der Waals surface area contributed by atoms with Crippen LogP contribution in [0.1, 0.15) is 17.6 Å². The first-order valence-corrected chi connectivity index (χ1v) is 7.97. The van der Waals surface area contributed by atoms with Gasteiger partial charge in [0.15, 0.2) is 0 Å². The van der Waals surface area contributed by atoms with E-state index in [9.17, 15) is 0 Å². The second-order valence-electron chi connectivity index (χ2n) is 4.07. The van der Waals surface area contributed by atoms with Crippen molar-refractivity contribution in [3.63, 3.8) is 0 Å². The third-order valence-electron chi connectivity index (χ3n) is 2.63. The first-order chi connectivity index (χ1) is 9.85. The standard InChI is InChI=1S/C13H13N5S2/c1-2-11-17-18-13(20-11)15-7-9-8-19-12(16-9)10-5-3-4-6-14-10/h3-6,8H,2,7H2,1H3,(H,15,18). The number of anilines is 1. The van der Waals surface area contributed by atoms with Crippen LogP contribution in [0.2, 0.25) is 0 Å². The molecule has 0 aliphatic carbocycles. The van der Waals surface area contributed by atoms with Crippen molar-refractivity contribution in [3.8, 4) is 10.7 Å². The second-order valence-corrected chi connectivity index (χ2v) is 5.99. The van der Waals surface area contributed by atoms with Gasteiger partial charge in [-0.3, -0.25) is 4.98 Å². The molecule has 0 radical (unpaired) electrons. The largest absolute Gasteiger partial charge is 0.354 e. The van der Waals surface area contributed by atoms with Crippen molar-refractivity contribution in [1.29, 1.82) is 0 Å². The molecular weight excluding hydrogens is 290 g/mol. The molecule has 0 spiro atoms. The van der Waals surface area contributed by atoms with Crippen molar-refractivity contribution >= 4 is 27.8 Å². The Morgan fingerprint density at radius 1 is 1.25 bits per heavy atom. The van der Waals surface area contributed by atoms with Crippen LogP contribution < -0.4 is 5.32 Å². The molecule has 20 heavy (non-hydrogen) atoms. The molecule has 0 amide bonds. The zero-order valence-corrected chi connectivity index (χ0v) is 12.5. The zero-order valence-electron chi connectivity index (χ0n) is 10.9. The van der Waals surface area contributed by atoms with E-state index in [4.69, 9.17) is 0 Å². The van der Waals surface area contributed by atoms with Crippen LogP contribution >= 0.6 is 22.7 Å². The Morgan fingerprint density at radius 2 is 2.20 bits per heavy atom. The van der Waals surface area contributed by atoms with Crippen molar-refractivity contribution in [2.24, 2.45) is 0 Å². The van der Waals surface area contributed by atoms with Crippen molar-refractivity contribution in [3.05, 3.63) is 40.5 Å². The molecule has 0 saturated carbocycles. The van der Waals surface area contributed by atoms with Gasteiger partial charge in [0.2, 0.25) is 5.13 Å². The Morgan fingerprint density at radius 3 is 2.95 bits per heavy atom. The molecule has 0 bridgehead atoms. The Hall–Kier alpha value is -1.86. The lowest BCUT2D eigenvalue weighted by atomic mass is 10.4. The van der Waals surface area contributed by atoms with Crippen LogP contribution in [0, 0.1) is 0 Å². The topological polar surface area (TPSA) is 63.6 Å². The van der Waals surface area contributed by atoms with Gasteiger partial charge in [-0.2, -0.15) is 0 Å². The van der Waals surface area contributed by atoms with E-state index < -0.39 is 0 Å². The maximum Gasteiger partial charge on any atom is 0.205 e. The summed E-state index contributed by atoms with van der Waals surface area (Å²) in [5, 5.41) is 16.3. The van der Waals surface area contributed by atoms with Crippen molar-refractivity contribution in [1.82, 2.24) is 20.2 Å². The van der Waals surface area contributed by atoms with Gasteiger partial charge in [-0.15, -0.1) is 21.5 Å². The minimum Gasteiger partial charge on any atom is -0.354 e. The predicted octanol–water partition coefficient (Wildman–Crippen LogP) is 3.23. The lowest BCUT2D eigenvalue weighted by molar-refractivity contribution is 0.970. The summed E-state index contributed by atoms with van der Waals surface area (Å²) in [5.74, 6) is 0. The van der Waals surface area contributed by atoms with Crippen LogP contribution in [0.5, 0.6) is 0 Å². The van der Waals surface area contributed by atoms with E-state index in [2.05, 4.69) is 32.4 Å². The van der Waals surface area contributed by atoms with Gasteiger partial charge in [-0.05, 0) is 18.6 Å². The highest BCUT2D eigenvalue weighted by molar-refractivity contribution is 7.15. The summed E-state index contributed by atoms with van der Waals surface area (Å²) in [6, 6.07) is 5.84. The fraction of sp³-hybridized carbons (Fsp3) is 0.231. The van der Waals surface area contributed by atoms with E-state index in [0.29, 0.717) is 6.54 Å². The molecule has 7 heteroatoms. The second kappa shape index (κ2) is 6.06. The summed E-state index contributed by atoms with van der Waals surface area (Å²) in [4.78, 5) is 8.87. The predicted molar refractivity (Wildman–Crippen MR) is 82.0 cm³/mol. The maximum atomic E-state index is 4.57. The summed E-state index contributed by atoms with van der Waals surface area (Å²) in [6.45, 7) is 2.73. The summed E-state index contributed by atoms with van der Waals surface area (Å²) in [7, 11) is 0. The number of thiazole rings is 1. The molecule has 0 fully saturated rings. The van der Waals surface area contributed by atoms with Crippen molar-refractivity contribution < 1.29 is 0 Å². The monoisotopic (exact) mass is 303 g/mol. The van der Waals surface area contributed by atoms with Crippen LogP contribution in [0.3, 0.4) is 0 Å². The lowest BCUT2D eigenvalue weighted by Crippen LogP contribution is -1.99. The lowest BCUT2D eigenvalue weighted by Gasteiger charge is -1.97. The Balaban J connectivity index is 1.65. The molecule has 3 aromatic heterocycles. The van der Waals surface area contributed by atoms with Crippen molar-refractivity contribution in [2.45, 2.75) is 19.9 Å². The van der Waals surface area contributed by atoms with Gasteiger partial charge in [0.05, 0.1) is 17.9 Å². The molecule has 5 nitrogen and oxygen atoms in total. The number of hydrogen-bond donors (Lipinski definition) is 1. The van der Waals surface area contributed by atoms with Crippen LogP contribution in [-0.4, -0.2) is 20.2 Å². The summed E-state index contributed by atoms with van der Waals surface area (Å²) < 4.78 is 0. The van der Waals surface area contributed by atoms with Gasteiger partial charge >= 0.3 is 0 Å². The molecule has 0 aromatic carbocycles.